The van der Waals surface area contributed by atoms with Crippen molar-refractivity contribution < 1.29 is 4.57 Å². The van der Waals surface area contributed by atoms with E-state index >= 15 is 0 Å². The second-order valence-corrected chi connectivity index (χ2v) is 16.7. The molecule has 0 aliphatic heterocycles. The molecule has 264 valence electrons. The van der Waals surface area contributed by atoms with Crippen LogP contribution >= 0.6 is 12.6 Å². The molecule has 0 saturated heterocycles. The fraction of sp³-hybridized carbons (Fsp3) is 0.208. The summed E-state index contributed by atoms with van der Waals surface area (Å²) in [5, 5.41) is 2.46. The third-order valence-corrected chi connectivity index (χ3v) is 10.7. The minimum Gasteiger partial charge on any atom is -0.364 e. The molecule has 5 aromatic carbocycles. The molecule has 5 heteroatoms. The Morgan fingerprint density at radius 3 is 2.19 bits per heavy atom. The number of nitrogens with one attached hydrogen (secondary N) is 1. The first-order valence-electron chi connectivity index (χ1n) is 18.4. The SMILES string of the molecule is CC(C)(C)c1cc(Cc2[nH]cc3ccccc23)nc(C[n+]2[c-]n(-c3cc(-c4ccc(C(C)(C)C)cc4-c4ccccc4)ccc3S)c3ccccc32)c1. The lowest BCUT2D eigenvalue weighted by Gasteiger charge is -2.22. The van der Waals surface area contributed by atoms with Gasteiger partial charge in [0.2, 0.25) is 6.33 Å². The third kappa shape index (κ3) is 6.94. The highest BCUT2D eigenvalue weighted by Crippen LogP contribution is 2.38. The van der Waals surface area contributed by atoms with Crippen LogP contribution in [0.5, 0.6) is 0 Å². The van der Waals surface area contributed by atoms with E-state index in [1.54, 1.807) is 0 Å². The quantitative estimate of drug-likeness (QED) is 0.0964. The van der Waals surface area contributed by atoms with Crippen LogP contribution in [-0.2, 0) is 23.8 Å². The van der Waals surface area contributed by atoms with Crippen LogP contribution < -0.4 is 4.57 Å². The van der Waals surface area contributed by atoms with Gasteiger partial charge in [-0.1, -0.05) is 151 Å². The van der Waals surface area contributed by atoms with Crippen molar-refractivity contribution in [3.63, 3.8) is 0 Å². The highest BCUT2D eigenvalue weighted by Gasteiger charge is 2.21. The fourth-order valence-corrected chi connectivity index (χ4v) is 7.53. The number of benzene rings is 5. The van der Waals surface area contributed by atoms with Gasteiger partial charge in [-0.3, -0.25) is 4.98 Å². The van der Waals surface area contributed by atoms with Crippen molar-refractivity contribution in [3.05, 3.63) is 168 Å². The molecule has 0 atom stereocenters. The number of imidazole rings is 1. The summed E-state index contributed by atoms with van der Waals surface area (Å²) >= 11 is 5.01. The lowest BCUT2D eigenvalue weighted by atomic mass is 9.83. The second-order valence-electron chi connectivity index (χ2n) is 16.2. The molecule has 0 unspecified atom stereocenters. The van der Waals surface area contributed by atoms with Crippen molar-refractivity contribution in [2.75, 3.05) is 0 Å². The van der Waals surface area contributed by atoms with E-state index in [0.29, 0.717) is 6.54 Å². The molecule has 0 radical (unpaired) electrons. The number of para-hydroxylation sites is 2. The molecule has 0 amide bonds. The van der Waals surface area contributed by atoms with E-state index in [9.17, 15) is 0 Å². The van der Waals surface area contributed by atoms with Crippen molar-refractivity contribution in [2.45, 2.75) is 70.2 Å². The van der Waals surface area contributed by atoms with Crippen LogP contribution in [0.2, 0.25) is 0 Å². The molecule has 53 heavy (non-hydrogen) atoms. The highest BCUT2D eigenvalue weighted by atomic mass is 32.1. The van der Waals surface area contributed by atoms with E-state index in [1.807, 2.05) is 0 Å². The Morgan fingerprint density at radius 1 is 0.679 bits per heavy atom. The van der Waals surface area contributed by atoms with Crippen molar-refractivity contribution in [1.82, 2.24) is 14.5 Å². The summed E-state index contributed by atoms with van der Waals surface area (Å²) in [5.74, 6) is 0. The molecule has 1 N–H and O–H groups in total. The number of aromatic amines is 1. The number of pyridine rings is 1. The average Bonchev–Trinajstić information content (AvgIpc) is 3.72. The topological polar surface area (TPSA) is 37.5 Å². The lowest BCUT2D eigenvalue weighted by Crippen LogP contribution is -2.34. The molecule has 3 heterocycles. The lowest BCUT2D eigenvalue weighted by molar-refractivity contribution is -0.667. The highest BCUT2D eigenvalue weighted by molar-refractivity contribution is 7.80. The van der Waals surface area contributed by atoms with E-state index in [-0.39, 0.29) is 10.8 Å². The van der Waals surface area contributed by atoms with Crippen molar-refractivity contribution in [1.29, 1.82) is 0 Å². The first-order valence-corrected chi connectivity index (χ1v) is 18.9. The summed E-state index contributed by atoms with van der Waals surface area (Å²) in [6, 6.07) is 45.7. The van der Waals surface area contributed by atoms with Gasteiger partial charge in [0, 0.05) is 34.3 Å². The Hall–Kier alpha value is -5.39. The smallest absolute Gasteiger partial charge is 0.244 e. The standard InChI is InChI=1S/C48H46N4S/c1-47(2,3)35-21-22-39(41(27-35)32-14-8-7-9-15-32)33-20-23-46(53)45(24-33)52-31-51(43-18-12-13-19-44(43)52)30-38-26-36(48(4,5)6)25-37(50-38)28-42-40-17-11-10-16-34(40)29-49-42/h7-27,29,49,53H,28,30H2,1-6H3. The molecule has 0 saturated carbocycles. The van der Waals surface area contributed by atoms with E-state index in [1.165, 1.54) is 44.3 Å². The van der Waals surface area contributed by atoms with Gasteiger partial charge in [0.05, 0.1) is 22.4 Å². The van der Waals surface area contributed by atoms with Crippen molar-refractivity contribution in [3.8, 4) is 27.9 Å². The minimum atomic E-state index is -0.0301. The molecule has 8 rings (SSSR count). The fourth-order valence-electron chi connectivity index (χ4n) is 7.29. The largest absolute Gasteiger partial charge is 0.364 e. The van der Waals surface area contributed by atoms with Crippen molar-refractivity contribution in [2.24, 2.45) is 0 Å². The summed E-state index contributed by atoms with van der Waals surface area (Å²) in [7, 11) is 0. The zero-order valence-corrected chi connectivity index (χ0v) is 32.3. The zero-order valence-electron chi connectivity index (χ0n) is 31.4. The Balaban J connectivity index is 1.21. The van der Waals surface area contributed by atoms with Crippen LogP contribution in [-0.4, -0.2) is 14.5 Å². The van der Waals surface area contributed by atoms with Crippen LogP contribution in [0, 0.1) is 6.33 Å². The monoisotopic (exact) mass is 710 g/mol. The number of thiol groups is 1. The summed E-state index contributed by atoms with van der Waals surface area (Å²) in [6.07, 6.45) is 6.56. The predicted octanol–water partition coefficient (Wildman–Crippen LogP) is 11.5. The summed E-state index contributed by atoms with van der Waals surface area (Å²) < 4.78 is 4.36. The predicted molar refractivity (Wildman–Crippen MR) is 222 cm³/mol. The first kappa shape index (κ1) is 34.7. The number of fused-ring (bicyclic) bond motifs is 2. The molecule has 0 aliphatic rings. The van der Waals surface area contributed by atoms with Gasteiger partial charge in [0.15, 0.2) is 0 Å². The van der Waals surface area contributed by atoms with Gasteiger partial charge in [-0.15, -0.1) is 12.6 Å². The van der Waals surface area contributed by atoms with Gasteiger partial charge < -0.3 is 14.1 Å². The molecule has 8 aromatic rings. The number of nitrogens with zero attached hydrogens (tertiary/aromatic N) is 3. The Morgan fingerprint density at radius 2 is 1.40 bits per heavy atom. The average molecular weight is 711 g/mol. The van der Waals surface area contributed by atoms with Gasteiger partial charge in [-0.05, 0) is 67.8 Å². The van der Waals surface area contributed by atoms with Crippen LogP contribution in [0.25, 0.3) is 49.7 Å². The molecule has 0 spiro atoms. The van der Waals surface area contributed by atoms with E-state index in [2.05, 4.69) is 196 Å². The number of hydrogen-bond donors (Lipinski definition) is 2. The minimum absolute atomic E-state index is 0.0301. The zero-order chi connectivity index (χ0) is 36.9. The molecule has 0 fully saturated rings. The van der Waals surface area contributed by atoms with Gasteiger partial charge in [-0.2, -0.15) is 0 Å². The molecule has 0 aliphatic carbocycles. The number of rotatable bonds is 7. The van der Waals surface area contributed by atoms with E-state index in [0.717, 1.165) is 45.0 Å². The maximum Gasteiger partial charge on any atom is 0.244 e. The summed E-state index contributed by atoms with van der Waals surface area (Å²) in [5.41, 5.74) is 13.7. The van der Waals surface area contributed by atoms with Gasteiger partial charge in [0.25, 0.3) is 0 Å². The third-order valence-electron chi connectivity index (χ3n) is 10.3. The molecule has 3 aromatic heterocycles. The number of H-pyrrole nitrogens is 1. The van der Waals surface area contributed by atoms with E-state index in [4.69, 9.17) is 17.6 Å². The van der Waals surface area contributed by atoms with Crippen LogP contribution in [0.15, 0.2) is 138 Å². The summed E-state index contributed by atoms with van der Waals surface area (Å²) in [4.78, 5) is 9.67. The van der Waals surface area contributed by atoms with Gasteiger partial charge in [0.1, 0.15) is 6.54 Å². The maximum atomic E-state index is 5.26. The summed E-state index contributed by atoms with van der Waals surface area (Å²) in [6.45, 7) is 14.2. The molecular formula is C48H46N4S. The molecule has 0 bridgehead atoms. The normalized spacial score (nSPS) is 12.2. The van der Waals surface area contributed by atoms with Crippen LogP contribution in [0.1, 0.15) is 69.8 Å². The molecule has 4 nitrogen and oxygen atoms in total. The molecular weight excluding hydrogens is 665 g/mol. The number of aromatic nitrogens is 4. The first-order chi connectivity index (χ1) is 25.4. The van der Waals surface area contributed by atoms with Crippen LogP contribution in [0.3, 0.4) is 0 Å². The van der Waals surface area contributed by atoms with E-state index < -0.39 is 0 Å². The van der Waals surface area contributed by atoms with Crippen LogP contribution in [0.4, 0.5) is 0 Å². The second kappa shape index (κ2) is 13.5. The van der Waals surface area contributed by atoms with Crippen molar-refractivity contribution >= 4 is 34.4 Å². The van der Waals surface area contributed by atoms with Gasteiger partial charge >= 0.3 is 0 Å². The Kier molecular flexibility index (Phi) is 8.86. The number of hydrogen-bond acceptors (Lipinski definition) is 2. The Labute approximate surface area is 318 Å². The maximum absolute atomic E-state index is 5.26. The Bertz CT molecular complexity index is 2600. The van der Waals surface area contributed by atoms with Gasteiger partial charge in [-0.25, -0.2) is 0 Å².